The van der Waals surface area contributed by atoms with E-state index in [0.717, 1.165) is 50.4 Å². The van der Waals surface area contributed by atoms with Crippen molar-refractivity contribution in [3.8, 4) is 16.8 Å². The van der Waals surface area contributed by atoms with E-state index in [1.807, 2.05) is 0 Å². The summed E-state index contributed by atoms with van der Waals surface area (Å²) in [6.07, 6.45) is 0. The van der Waals surface area contributed by atoms with Crippen molar-refractivity contribution < 1.29 is 4.42 Å². The minimum Gasteiger partial charge on any atom is -0.454 e. The molecule has 0 radical (unpaired) electrons. The topological polar surface area (TPSA) is 24.6 Å². The van der Waals surface area contributed by atoms with Crippen molar-refractivity contribution in [1.29, 1.82) is 0 Å². The smallest absolute Gasteiger partial charge is 0.252 e. The first-order valence-electron chi connectivity index (χ1n) is 25.2. The lowest BCUT2D eigenvalue weighted by Crippen LogP contribution is -2.60. The Morgan fingerprint density at radius 1 is 0.486 bits per heavy atom. The molecule has 0 atom stereocenters. The van der Waals surface area contributed by atoms with Crippen LogP contribution in [0.1, 0.15) is 104 Å². The molecule has 5 heteroatoms. The van der Waals surface area contributed by atoms with Gasteiger partial charge >= 0.3 is 0 Å². The molecule has 1 aliphatic carbocycles. The number of hydrogen-bond acceptors (Lipinski definition) is 3. The van der Waals surface area contributed by atoms with E-state index in [-0.39, 0.29) is 28.4 Å². The van der Waals surface area contributed by atoms with Gasteiger partial charge in [-0.2, -0.15) is 0 Å². The Morgan fingerprint density at radius 2 is 1.07 bits per heavy atom. The highest BCUT2D eigenvalue weighted by Gasteiger charge is 2.48. The molecule has 13 rings (SSSR count). The standard InChI is InChI=1S/C65H60BN3O/c1-62(2,3)39-26-31-42(32-27-39)67(43-33-28-40(29-34-43)63(4,5)6)44-37-54-58-55(38-44)69-59-48(57-47-19-12-14-22-49(47)65(10,11)61(57)69)21-16-23-51(59)66(58)50-35-30-41(64(7,8)9)36-53(50)68(54)52-24-17-20-46-45-18-13-15-25-56(45)70-60(46)52/h12-38H,1-11H3. The highest BCUT2D eigenvalue weighted by atomic mass is 16.3. The average Bonchev–Trinajstić information content (AvgIpc) is 3.97. The fraction of sp³-hybridized carbons (Fsp3) is 0.231. The highest BCUT2D eigenvalue weighted by molar-refractivity contribution is 7.00. The normalized spacial score (nSPS) is 14.6. The third kappa shape index (κ3) is 6.03. The molecule has 2 aromatic heterocycles. The second-order valence-corrected chi connectivity index (χ2v) is 23.8. The summed E-state index contributed by atoms with van der Waals surface area (Å²) in [6.45, 7) is 25.6. The van der Waals surface area contributed by atoms with Crippen molar-refractivity contribution in [3.05, 3.63) is 192 Å². The van der Waals surface area contributed by atoms with Crippen molar-refractivity contribution >= 4 is 90.1 Å². The Kier molecular flexibility index (Phi) is 8.82. The summed E-state index contributed by atoms with van der Waals surface area (Å²) < 4.78 is 9.70. The maximum atomic E-state index is 7.01. The van der Waals surface area contributed by atoms with Crippen molar-refractivity contribution in [2.75, 3.05) is 9.80 Å². The Hall–Kier alpha value is -7.24. The Balaban J connectivity index is 1.19. The molecule has 70 heavy (non-hydrogen) atoms. The van der Waals surface area contributed by atoms with Gasteiger partial charge in [-0.15, -0.1) is 0 Å². The van der Waals surface area contributed by atoms with Gasteiger partial charge in [0.25, 0.3) is 6.71 Å². The van der Waals surface area contributed by atoms with Gasteiger partial charge in [-0.3, -0.25) is 0 Å². The molecule has 4 nitrogen and oxygen atoms in total. The number of para-hydroxylation sites is 3. The SMILES string of the molecule is CC(C)(C)c1ccc(N(c2ccc(C(C)(C)C)cc2)c2cc3c4c(c2)-n2c5c(c6cccc(c62)B4c2ccc(C(C)(C)C)cc2N3c2cccc3c2oc2ccccc23)-c2ccccc2C5(C)C)cc1. The zero-order chi connectivity index (χ0) is 48.4. The predicted molar refractivity (Wildman–Crippen MR) is 298 cm³/mol. The van der Waals surface area contributed by atoms with Crippen molar-refractivity contribution in [1.82, 2.24) is 4.57 Å². The number of rotatable bonds is 4. The van der Waals surface area contributed by atoms with Gasteiger partial charge in [0, 0.05) is 66.8 Å². The average molecular weight is 910 g/mol. The minimum absolute atomic E-state index is 0.0120. The third-order valence-corrected chi connectivity index (χ3v) is 16.0. The Bertz CT molecular complexity index is 3750. The Labute approximate surface area is 413 Å². The number of hydrogen-bond donors (Lipinski definition) is 0. The minimum atomic E-state index is -0.267. The fourth-order valence-corrected chi connectivity index (χ4v) is 12.4. The summed E-state index contributed by atoms with van der Waals surface area (Å²) in [4.78, 5) is 5.06. The fourth-order valence-electron chi connectivity index (χ4n) is 12.4. The lowest BCUT2D eigenvalue weighted by molar-refractivity contribution is 0.590. The molecular weight excluding hydrogens is 850 g/mol. The molecular formula is C65H60BN3O. The third-order valence-electron chi connectivity index (χ3n) is 16.0. The van der Waals surface area contributed by atoms with Gasteiger partial charge in [-0.25, -0.2) is 0 Å². The molecule has 8 aromatic carbocycles. The van der Waals surface area contributed by atoms with Crippen LogP contribution >= 0.6 is 0 Å². The van der Waals surface area contributed by atoms with E-state index in [1.165, 1.54) is 77.7 Å². The molecule has 4 heterocycles. The summed E-state index contributed by atoms with van der Waals surface area (Å²) in [7, 11) is 0. The van der Waals surface area contributed by atoms with Crippen LogP contribution in [-0.2, 0) is 21.7 Å². The lowest BCUT2D eigenvalue weighted by atomic mass is 9.33. The highest BCUT2D eigenvalue weighted by Crippen LogP contribution is 2.55. The number of furan rings is 1. The quantitative estimate of drug-likeness (QED) is 0.165. The molecule has 0 amide bonds. The van der Waals surface area contributed by atoms with Crippen LogP contribution in [0.3, 0.4) is 0 Å². The molecule has 0 saturated heterocycles. The molecule has 0 unspecified atom stereocenters. The van der Waals surface area contributed by atoms with E-state index in [4.69, 9.17) is 4.42 Å². The molecule has 0 saturated carbocycles. The first-order chi connectivity index (χ1) is 33.4. The molecule has 0 bridgehead atoms. The van der Waals surface area contributed by atoms with Crippen LogP contribution in [0.5, 0.6) is 0 Å². The van der Waals surface area contributed by atoms with Gasteiger partial charge in [-0.1, -0.05) is 185 Å². The van der Waals surface area contributed by atoms with Crippen LogP contribution in [0, 0.1) is 0 Å². The molecule has 0 fully saturated rings. The van der Waals surface area contributed by atoms with Gasteiger partial charge in [-0.05, 0) is 115 Å². The van der Waals surface area contributed by atoms with E-state index in [1.54, 1.807) is 0 Å². The first kappa shape index (κ1) is 42.8. The van der Waals surface area contributed by atoms with Crippen molar-refractivity contribution in [2.45, 2.75) is 97.8 Å². The second kappa shape index (κ2) is 14.4. The summed E-state index contributed by atoms with van der Waals surface area (Å²) >= 11 is 0. The van der Waals surface area contributed by atoms with Crippen LogP contribution in [0.15, 0.2) is 168 Å². The van der Waals surface area contributed by atoms with E-state index in [9.17, 15) is 0 Å². The summed E-state index contributed by atoms with van der Waals surface area (Å²) in [6, 6.07) is 62.3. The largest absolute Gasteiger partial charge is 0.454 e. The van der Waals surface area contributed by atoms with Crippen molar-refractivity contribution in [3.63, 3.8) is 0 Å². The maximum Gasteiger partial charge on any atom is 0.252 e. The monoisotopic (exact) mass is 909 g/mol. The van der Waals surface area contributed by atoms with E-state index < -0.39 is 0 Å². The van der Waals surface area contributed by atoms with E-state index in [0.29, 0.717) is 0 Å². The van der Waals surface area contributed by atoms with Crippen LogP contribution in [0.2, 0.25) is 0 Å². The van der Waals surface area contributed by atoms with Crippen molar-refractivity contribution in [2.24, 2.45) is 0 Å². The first-order valence-corrected chi connectivity index (χ1v) is 25.2. The number of nitrogens with zero attached hydrogens (tertiary/aromatic N) is 3. The molecule has 0 N–H and O–H groups in total. The number of aromatic nitrogens is 1. The number of benzene rings is 8. The van der Waals surface area contributed by atoms with E-state index >= 15 is 0 Å². The zero-order valence-electron chi connectivity index (χ0n) is 42.4. The second-order valence-electron chi connectivity index (χ2n) is 23.8. The maximum absolute atomic E-state index is 7.01. The van der Waals surface area contributed by atoms with Crippen LogP contribution in [0.25, 0.3) is 49.7 Å². The van der Waals surface area contributed by atoms with Gasteiger partial charge in [0.1, 0.15) is 5.58 Å². The summed E-state index contributed by atoms with van der Waals surface area (Å²) in [5.74, 6) is 0. The summed E-state index contributed by atoms with van der Waals surface area (Å²) in [5, 5.41) is 3.55. The molecule has 344 valence electrons. The van der Waals surface area contributed by atoms with Crippen LogP contribution in [0.4, 0.5) is 34.1 Å². The number of anilines is 6. The summed E-state index contributed by atoms with van der Waals surface area (Å²) in [5.41, 5.74) is 24.0. The van der Waals surface area contributed by atoms with E-state index in [2.05, 4.69) is 254 Å². The molecule has 2 aliphatic heterocycles. The predicted octanol–water partition coefficient (Wildman–Crippen LogP) is 15.8. The molecule has 10 aromatic rings. The van der Waals surface area contributed by atoms with Gasteiger partial charge < -0.3 is 18.8 Å². The van der Waals surface area contributed by atoms with Gasteiger partial charge in [0.05, 0.1) is 11.4 Å². The number of fused-ring (bicyclic) bond motifs is 12. The molecule has 3 aliphatic rings. The molecule has 0 spiro atoms. The van der Waals surface area contributed by atoms with Crippen LogP contribution < -0.4 is 26.2 Å². The van der Waals surface area contributed by atoms with Gasteiger partial charge in [0.2, 0.25) is 0 Å². The lowest BCUT2D eigenvalue weighted by Gasteiger charge is -2.42. The Morgan fingerprint density at radius 3 is 1.76 bits per heavy atom. The van der Waals surface area contributed by atoms with Crippen LogP contribution in [-0.4, -0.2) is 11.3 Å². The zero-order valence-corrected chi connectivity index (χ0v) is 42.4. The van der Waals surface area contributed by atoms with Gasteiger partial charge in [0.15, 0.2) is 5.58 Å².